The number of carbonyl (C=O) groups excluding carboxylic acids is 1. The van der Waals surface area contributed by atoms with Gasteiger partial charge in [-0.25, -0.2) is 5.43 Å². The zero-order valence-corrected chi connectivity index (χ0v) is 16.9. The molecule has 5 heteroatoms. The smallest absolute Gasteiger partial charge is 0.277 e. The lowest BCUT2D eigenvalue weighted by Gasteiger charge is -2.14. The van der Waals surface area contributed by atoms with Gasteiger partial charge in [0.1, 0.15) is 11.5 Å². The minimum atomic E-state index is -0.301. The first-order valence-corrected chi connectivity index (χ1v) is 9.03. The largest absolute Gasteiger partial charge is 0.496 e. The number of nitrogens with zero attached hydrogens (tertiary/aromatic N) is 1. The Hall–Kier alpha value is -2.82. The summed E-state index contributed by atoms with van der Waals surface area (Å²) < 4.78 is 11.0. The molecule has 0 aliphatic heterocycles. The average Bonchev–Trinajstić information content (AvgIpc) is 2.63. The lowest BCUT2D eigenvalue weighted by Crippen LogP contribution is -2.25. The lowest BCUT2D eigenvalue weighted by molar-refractivity contribution is -0.123. The third-order valence-electron chi connectivity index (χ3n) is 4.54. The zero-order valence-electron chi connectivity index (χ0n) is 16.9. The predicted molar refractivity (Wildman–Crippen MR) is 109 cm³/mol. The summed E-state index contributed by atoms with van der Waals surface area (Å²) in [7, 11) is 1.65. The van der Waals surface area contributed by atoms with E-state index in [0.29, 0.717) is 5.92 Å². The van der Waals surface area contributed by atoms with Gasteiger partial charge in [-0.15, -0.1) is 0 Å². The summed E-state index contributed by atoms with van der Waals surface area (Å²) in [5.74, 6) is 1.60. The Balaban J connectivity index is 1.97. The fraction of sp³-hybridized carbons (Fsp3) is 0.364. The molecule has 0 fully saturated rings. The number of amides is 1. The van der Waals surface area contributed by atoms with Crippen molar-refractivity contribution in [3.63, 3.8) is 0 Å². The van der Waals surface area contributed by atoms with E-state index in [-0.39, 0.29) is 12.5 Å². The highest BCUT2D eigenvalue weighted by Crippen LogP contribution is 2.27. The molecule has 1 amide bonds. The lowest BCUT2D eigenvalue weighted by atomic mass is 10.0. The highest BCUT2D eigenvalue weighted by atomic mass is 16.5. The molecule has 0 spiro atoms. The van der Waals surface area contributed by atoms with Gasteiger partial charge in [0.2, 0.25) is 0 Å². The Bertz CT molecular complexity index is 842. The van der Waals surface area contributed by atoms with Gasteiger partial charge in [-0.2, -0.15) is 5.10 Å². The number of carbonyl (C=O) groups is 1. The number of nitrogens with one attached hydrogen (secondary N) is 1. The number of benzene rings is 2. The van der Waals surface area contributed by atoms with Crippen LogP contribution in [-0.2, 0) is 4.79 Å². The second kappa shape index (κ2) is 9.21. The van der Waals surface area contributed by atoms with Gasteiger partial charge >= 0.3 is 0 Å². The second-order valence-corrected chi connectivity index (χ2v) is 6.88. The van der Waals surface area contributed by atoms with E-state index in [0.717, 1.165) is 39.3 Å². The molecule has 0 radical (unpaired) electrons. The molecule has 0 aliphatic rings. The molecule has 27 heavy (non-hydrogen) atoms. The SMILES string of the molecule is COc1ccc(C=NNC(=O)COc2cc(C)ccc2C(C)C)c(C)c1C. The predicted octanol–water partition coefficient (Wildman–Crippen LogP) is 4.27. The molecule has 0 unspecified atom stereocenters. The third-order valence-corrected chi connectivity index (χ3v) is 4.54. The highest BCUT2D eigenvalue weighted by Gasteiger charge is 2.10. The van der Waals surface area contributed by atoms with Crippen molar-refractivity contribution in [3.8, 4) is 11.5 Å². The molecule has 0 atom stereocenters. The molecule has 1 N–H and O–H groups in total. The van der Waals surface area contributed by atoms with Crippen molar-refractivity contribution < 1.29 is 14.3 Å². The van der Waals surface area contributed by atoms with Crippen molar-refractivity contribution in [2.45, 2.75) is 40.5 Å². The summed E-state index contributed by atoms with van der Waals surface area (Å²) >= 11 is 0. The molecular formula is C22H28N2O3. The molecule has 0 saturated carbocycles. The van der Waals surface area contributed by atoms with Crippen LogP contribution in [-0.4, -0.2) is 25.8 Å². The maximum Gasteiger partial charge on any atom is 0.277 e. The van der Waals surface area contributed by atoms with E-state index in [1.165, 1.54) is 0 Å². The van der Waals surface area contributed by atoms with Gasteiger partial charge < -0.3 is 9.47 Å². The summed E-state index contributed by atoms with van der Waals surface area (Å²) in [5.41, 5.74) is 7.73. The van der Waals surface area contributed by atoms with Gasteiger partial charge in [-0.05, 0) is 72.7 Å². The van der Waals surface area contributed by atoms with E-state index < -0.39 is 0 Å². The Kier molecular flexibility index (Phi) is 6.99. The van der Waals surface area contributed by atoms with E-state index in [4.69, 9.17) is 9.47 Å². The second-order valence-electron chi connectivity index (χ2n) is 6.88. The fourth-order valence-corrected chi connectivity index (χ4v) is 2.77. The summed E-state index contributed by atoms with van der Waals surface area (Å²) in [5, 5.41) is 4.04. The van der Waals surface area contributed by atoms with Crippen LogP contribution < -0.4 is 14.9 Å². The van der Waals surface area contributed by atoms with E-state index in [1.807, 2.05) is 51.1 Å². The van der Waals surface area contributed by atoms with E-state index >= 15 is 0 Å². The number of methoxy groups -OCH3 is 1. The Morgan fingerprint density at radius 2 is 1.85 bits per heavy atom. The van der Waals surface area contributed by atoms with Crippen LogP contribution in [0.2, 0.25) is 0 Å². The van der Waals surface area contributed by atoms with Gasteiger partial charge in [0.05, 0.1) is 13.3 Å². The first-order chi connectivity index (χ1) is 12.8. The van der Waals surface area contributed by atoms with E-state index in [2.05, 4.69) is 24.4 Å². The Morgan fingerprint density at radius 3 is 2.52 bits per heavy atom. The van der Waals surface area contributed by atoms with Gasteiger partial charge in [0.25, 0.3) is 5.91 Å². The minimum absolute atomic E-state index is 0.0822. The summed E-state index contributed by atoms with van der Waals surface area (Å²) in [6.07, 6.45) is 1.63. The van der Waals surface area contributed by atoms with Gasteiger partial charge in [0, 0.05) is 0 Å². The standard InChI is InChI=1S/C22H28N2O3/c1-14(2)19-9-7-15(3)11-21(19)27-13-22(25)24-23-12-18-8-10-20(26-6)17(5)16(18)4/h7-12,14H,13H2,1-6H3,(H,24,25). The fourth-order valence-electron chi connectivity index (χ4n) is 2.77. The number of hydrazone groups is 1. The maximum absolute atomic E-state index is 12.1. The number of hydrogen-bond donors (Lipinski definition) is 1. The first kappa shape index (κ1) is 20.5. The van der Waals surface area contributed by atoms with Crippen molar-refractivity contribution in [1.29, 1.82) is 0 Å². The zero-order chi connectivity index (χ0) is 20.0. The molecule has 144 valence electrons. The molecule has 0 aliphatic carbocycles. The van der Waals surface area contributed by atoms with Crippen LogP contribution in [0.4, 0.5) is 0 Å². The third kappa shape index (κ3) is 5.33. The van der Waals surface area contributed by atoms with Crippen LogP contribution in [0.25, 0.3) is 0 Å². The van der Waals surface area contributed by atoms with Gasteiger partial charge in [0.15, 0.2) is 6.61 Å². The quantitative estimate of drug-likeness (QED) is 0.586. The van der Waals surface area contributed by atoms with Crippen LogP contribution in [0.1, 0.15) is 47.6 Å². The summed E-state index contributed by atoms with van der Waals surface area (Å²) in [6.45, 7) is 10.1. The van der Waals surface area contributed by atoms with E-state index in [1.54, 1.807) is 13.3 Å². The molecule has 0 aromatic heterocycles. The minimum Gasteiger partial charge on any atom is -0.496 e. The van der Waals surface area contributed by atoms with Gasteiger partial charge in [-0.3, -0.25) is 4.79 Å². The van der Waals surface area contributed by atoms with Crippen LogP contribution in [0.15, 0.2) is 35.4 Å². The van der Waals surface area contributed by atoms with Crippen molar-refractivity contribution in [1.82, 2.24) is 5.43 Å². The van der Waals surface area contributed by atoms with E-state index in [9.17, 15) is 4.79 Å². The van der Waals surface area contributed by atoms with Crippen molar-refractivity contribution in [2.24, 2.45) is 5.10 Å². The molecule has 0 saturated heterocycles. The highest BCUT2D eigenvalue weighted by molar-refractivity contribution is 5.85. The van der Waals surface area contributed by atoms with Crippen LogP contribution in [0.3, 0.4) is 0 Å². The molecule has 0 heterocycles. The Morgan fingerprint density at radius 1 is 1.11 bits per heavy atom. The normalized spacial score (nSPS) is 11.1. The van der Waals surface area contributed by atoms with Crippen LogP contribution >= 0.6 is 0 Å². The molecule has 0 bridgehead atoms. The molecular weight excluding hydrogens is 340 g/mol. The summed E-state index contributed by atoms with van der Waals surface area (Å²) in [6, 6.07) is 9.84. The van der Waals surface area contributed by atoms with Gasteiger partial charge in [-0.1, -0.05) is 26.0 Å². The maximum atomic E-state index is 12.1. The molecule has 5 nitrogen and oxygen atoms in total. The van der Waals surface area contributed by atoms with Crippen LogP contribution in [0.5, 0.6) is 11.5 Å². The first-order valence-electron chi connectivity index (χ1n) is 9.03. The van der Waals surface area contributed by atoms with Crippen LogP contribution in [0, 0.1) is 20.8 Å². The number of ether oxygens (including phenoxy) is 2. The van der Waals surface area contributed by atoms with Crippen molar-refractivity contribution in [2.75, 3.05) is 13.7 Å². The monoisotopic (exact) mass is 368 g/mol. The van der Waals surface area contributed by atoms with Crippen molar-refractivity contribution in [3.05, 3.63) is 58.1 Å². The topological polar surface area (TPSA) is 59.9 Å². The molecule has 2 aromatic carbocycles. The molecule has 2 aromatic rings. The molecule has 2 rings (SSSR count). The number of hydrogen-bond acceptors (Lipinski definition) is 4. The summed E-state index contributed by atoms with van der Waals surface area (Å²) in [4.78, 5) is 12.1. The Labute approximate surface area is 161 Å². The average molecular weight is 368 g/mol. The number of aryl methyl sites for hydroxylation is 1. The van der Waals surface area contributed by atoms with Crippen molar-refractivity contribution >= 4 is 12.1 Å². The number of rotatable bonds is 7.